The van der Waals surface area contributed by atoms with E-state index in [0.29, 0.717) is 19.1 Å². The zero-order valence-electron chi connectivity index (χ0n) is 16.3. The monoisotopic (exact) mass is 414 g/mol. The van der Waals surface area contributed by atoms with Gasteiger partial charge in [0.05, 0.1) is 36.4 Å². The molecule has 154 valence electrons. The first-order valence-corrected chi connectivity index (χ1v) is 11.3. The summed E-state index contributed by atoms with van der Waals surface area (Å²) in [6.45, 7) is 1.37. The Kier molecular flexibility index (Phi) is 5.37. The Morgan fingerprint density at radius 2 is 2.17 bits per heavy atom. The fraction of sp³-hybridized carbons (Fsp3) is 0.524. The summed E-state index contributed by atoms with van der Waals surface area (Å²) in [6.07, 6.45) is 11.6. The number of hydrogen-bond acceptors (Lipinski definition) is 5. The van der Waals surface area contributed by atoms with Gasteiger partial charge >= 0.3 is 0 Å². The van der Waals surface area contributed by atoms with Crippen LogP contribution in [0.15, 0.2) is 29.0 Å². The number of ether oxygens (including phenoxy) is 1. The molecule has 1 N–H and O–H groups in total. The molecule has 1 saturated carbocycles. The minimum atomic E-state index is -0.0951. The molecule has 0 saturated heterocycles. The maximum atomic E-state index is 11.5. The molecule has 2 aromatic heterocycles. The van der Waals surface area contributed by atoms with E-state index >= 15 is 0 Å². The van der Waals surface area contributed by atoms with Gasteiger partial charge in [-0.05, 0) is 49.3 Å². The lowest BCUT2D eigenvalue weighted by Gasteiger charge is -2.29. The van der Waals surface area contributed by atoms with E-state index in [9.17, 15) is 4.21 Å². The van der Waals surface area contributed by atoms with Crippen LogP contribution < -0.4 is 9.46 Å². The molecule has 0 radical (unpaired) electrons. The standard InChI is InChI=1S/C21H26N4O3S/c26-29-24-19(14-6-2-1-3-7-14)20-18-17(28-23-20)12-15(13-25-10-5-9-22-25)16-8-4-11-27-21(16)18/h5,9-10,12,14,19,29H,1-4,6-8,11,13H2,(H,24,26). The summed E-state index contributed by atoms with van der Waals surface area (Å²) < 4.78 is 28.5. The summed E-state index contributed by atoms with van der Waals surface area (Å²) in [5.41, 5.74) is 3.93. The average molecular weight is 415 g/mol. The number of benzene rings is 1. The van der Waals surface area contributed by atoms with Crippen molar-refractivity contribution < 1.29 is 13.5 Å². The quantitative estimate of drug-likeness (QED) is 0.604. The fourth-order valence-electron chi connectivity index (χ4n) is 4.88. The number of aromatic nitrogens is 3. The molecule has 0 bridgehead atoms. The van der Waals surface area contributed by atoms with Crippen LogP contribution in [0.1, 0.15) is 61.4 Å². The van der Waals surface area contributed by atoms with Crippen molar-refractivity contribution in [1.29, 1.82) is 0 Å². The third-order valence-corrected chi connectivity index (χ3v) is 6.64. The normalized spacial score (nSPS) is 18.5. The lowest BCUT2D eigenvalue weighted by Crippen LogP contribution is -2.28. The van der Waals surface area contributed by atoms with E-state index in [1.807, 2.05) is 16.9 Å². The van der Waals surface area contributed by atoms with E-state index < -0.39 is 0 Å². The fourth-order valence-corrected chi connectivity index (χ4v) is 5.32. The van der Waals surface area contributed by atoms with Gasteiger partial charge < -0.3 is 9.26 Å². The van der Waals surface area contributed by atoms with Crippen molar-refractivity contribution in [1.82, 2.24) is 19.7 Å². The number of nitrogens with one attached hydrogen (secondary N) is 1. The molecular weight excluding hydrogens is 388 g/mol. The van der Waals surface area contributed by atoms with E-state index in [1.54, 1.807) is 6.20 Å². The third-order valence-electron chi connectivity index (χ3n) is 6.26. The van der Waals surface area contributed by atoms with Crippen molar-refractivity contribution in [3.05, 3.63) is 41.3 Å². The Balaban J connectivity index is 1.61. The maximum Gasteiger partial charge on any atom is 0.171 e. The summed E-state index contributed by atoms with van der Waals surface area (Å²) in [4.78, 5) is 0. The Morgan fingerprint density at radius 3 is 2.97 bits per heavy atom. The second-order valence-electron chi connectivity index (χ2n) is 8.04. The van der Waals surface area contributed by atoms with Crippen LogP contribution >= 0.6 is 0 Å². The van der Waals surface area contributed by atoms with Crippen molar-refractivity contribution in [2.24, 2.45) is 5.92 Å². The van der Waals surface area contributed by atoms with Crippen LogP contribution in [0.3, 0.4) is 0 Å². The van der Waals surface area contributed by atoms with Gasteiger partial charge in [-0.1, -0.05) is 24.4 Å². The predicted molar refractivity (Wildman–Crippen MR) is 111 cm³/mol. The van der Waals surface area contributed by atoms with Gasteiger partial charge in [-0.15, -0.1) is 0 Å². The van der Waals surface area contributed by atoms with Gasteiger partial charge in [-0.25, -0.2) is 8.93 Å². The Hall–Kier alpha value is -2.19. The first-order valence-electron chi connectivity index (χ1n) is 10.5. The predicted octanol–water partition coefficient (Wildman–Crippen LogP) is 3.47. The summed E-state index contributed by atoms with van der Waals surface area (Å²) in [7, 11) is 0. The van der Waals surface area contributed by atoms with E-state index in [2.05, 4.69) is 21.0 Å². The average Bonchev–Trinajstić information content (AvgIpc) is 3.43. The number of nitrogens with zero attached hydrogens (tertiary/aromatic N) is 3. The van der Waals surface area contributed by atoms with Crippen molar-refractivity contribution in [2.75, 3.05) is 6.61 Å². The van der Waals surface area contributed by atoms with Gasteiger partial charge in [0.25, 0.3) is 0 Å². The third kappa shape index (κ3) is 3.59. The van der Waals surface area contributed by atoms with Crippen molar-refractivity contribution in [3.63, 3.8) is 0 Å². The lowest BCUT2D eigenvalue weighted by atomic mass is 9.82. The molecule has 1 fully saturated rings. The number of hydrogen-bond donors (Lipinski definition) is 2. The van der Waals surface area contributed by atoms with Gasteiger partial charge in [-0.3, -0.25) is 4.68 Å². The molecule has 7 nitrogen and oxygen atoms in total. The Bertz CT molecular complexity index is 995. The molecule has 1 aliphatic heterocycles. The number of thiol groups is 1. The first-order chi connectivity index (χ1) is 14.3. The van der Waals surface area contributed by atoms with Gasteiger partial charge in [0.1, 0.15) is 11.4 Å². The topological polar surface area (TPSA) is 82.2 Å². The van der Waals surface area contributed by atoms with Crippen molar-refractivity contribution >= 4 is 22.8 Å². The summed E-state index contributed by atoms with van der Waals surface area (Å²) in [6, 6.07) is 3.91. The highest BCUT2D eigenvalue weighted by atomic mass is 32.2. The summed E-state index contributed by atoms with van der Waals surface area (Å²) in [5, 5.41) is 9.74. The molecule has 3 heterocycles. The highest BCUT2D eigenvalue weighted by Crippen LogP contribution is 2.43. The second kappa shape index (κ2) is 8.28. The van der Waals surface area contributed by atoms with E-state index in [4.69, 9.17) is 9.26 Å². The molecule has 29 heavy (non-hydrogen) atoms. The zero-order valence-corrected chi connectivity index (χ0v) is 17.2. The summed E-state index contributed by atoms with van der Waals surface area (Å²) in [5.74, 6) is 1.29. The molecule has 0 spiro atoms. The zero-order chi connectivity index (χ0) is 19.6. The smallest absolute Gasteiger partial charge is 0.171 e. The number of rotatable bonds is 6. The van der Waals surface area contributed by atoms with Gasteiger partial charge in [0.15, 0.2) is 5.58 Å². The highest BCUT2D eigenvalue weighted by Gasteiger charge is 2.32. The maximum absolute atomic E-state index is 11.5. The lowest BCUT2D eigenvalue weighted by molar-refractivity contribution is 0.283. The van der Waals surface area contributed by atoms with Crippen molar-refractivity contribution in [3.8, 4) is 5.75 Å². The minimum absolute atomic E-state index is 0.0758. The molecule has 1 unspecified atom stereocenters. The van der Waals surface area contributed by atoms with Crippen LogP contribution in [0.25, 0.3) is 11.0 Å². The molecule has 2 aliphatic rings. The van der Waals surface area contributed by atoms with Crippen molar-refractivity contribution in [2.45, 2.75) is 57.5 Å². The van der Waals surface area contributed by atoms with E-state index in [1.165, 1.54) is 24.8 Å². The largest absolute Gasteiger partial charge is 0.492 e. The van der Waals surface area contributed by atoms with E-state index in [0.717, 1.165) is 53.7 Å². The molecule has 8 heteroatoms. The van der Waals surface area contributed by atoms with Crippen LogP contribution in [-0.2, 0) is 24.8 Å². The molecule has 5 rings (SSSR count). The van der Waals surface area contributed by atoms with Gasteiger partial charge in [0, 0.05) is 18.0 Å². The van der Waals surface area contributed by atoms with Crippen LogP contribution in [0, 0.1) is 5.92 Å². The van der Waals surface area contributed by atoms with Crippen LogP contribution in [0.2, 0.25) is 0 Å². The Labute approximate surface area is 173 Å². The van der Waals surface area contributed by atoms with Gasteiger partial charge in [0.2, 0.25) is 0 Å². The molecule has 1 aromatic carbocycles. The van der Waals surface area contributed by atoms with E-state index in [-0.39, 0.29) is 17.9 Å². The molecular formula is C21H26N4O3S. The van der Waals surface area contributed by atoms with Gasteiger partial charge in [-0.2, -0.15) is 5.10 Å². The molecule has 1 aliphatic carbocycles. The minimum Gasteiger partial charge on any atom is -0.492 e. The molecule has 3 aromatic rings. The van der Waals surface area contributed by atoms with Crippen LogP contribution in [-0.4, -0.2) is 25.8 Å². The number of fused-ring (bicyclic) bond motifs is 3. The van der Waals surface area contributed by atoms with Crippen LogP contribution in [0.4, 0.5) is 0 Å². The Morgan fingerprint density at radius 1 is 1.28 bits per heavy atom. The van der Waals surface area contributed by atoms with Crippen LogP contribution in [0.5, 0.6) is 5.75 Å². The molecule has 0 amide bonds. The second-order valence-corrected chi connectivity index (χ2v) is 8.48. The first kappa shape index (κ1) is 18.8. The highest BCUT2D eigenvalue weighted by molar-refractivity contribution is 7.63. The summed E-state index contributed by atoms with van der Waals surface area (Å²) >= 11 is -0.0758. The molecule has 1 atom stereocenters. The SMILES string of the molecule is O=[SH]NC(c1noc2cc(Cn3cccn3)c3c(c12)OCCC3)C1CCCCC1.